The molecule has 2 aromatic carbocycles. The molecule has 4 rings (SSSR count). The number of carbonyl (C=O) groups is 1. The number of ether oxygens (including phenoxy) is 1. The molecule has 0 aliphatic carbocycles. The number of halogens is 1. The van der Waals surface area contributed by atoms with E-state index in [1.165, 1.54) is 27.7 Å². The van der Waals surface area contributed by atoms with Gasteiger partial charge < -0.3 is 14.6 Å². The maximum Gasteiger partial charge on any atom is 0.260 e. The van der Waals surface area contributed by atoms with Crippen LogP contribution in [0, 0.1) is 6.92 Å². The summed E-state index contributed by atoms with van der Waals surface area (Å²) in [4.78, 5) is 18.0. The van der Waals surface area contributed by atoms with Crippen LogP contribution in [0.5, 0.6) is 5.75 Å². The number of rotatable bonds is 3. The lowest BCUT2D eigenvalue weighted by molar-refractivity contribution is -0.133. The van der Waals surface area contributed by atoms with Gasteiger partial charge in [0.05, 0.1) is 0 Å². The highest BCUT2D eigenvalue weighted by Crippen LogP contribution is 2.27. The van der Waals surface area contributed by atoms with Crippen molar-refractivity contribution in [3.05, 3.63) is 64.3 Å². The highest BCUT2D eigenvalue weighted by Gasteiger charge is 2.21. The van der Waals surface area contributed by atoms with Gasteiger partial charge in [-0.3, -0.25) is 4.79 Å². The number of benzene rings is 2. The molecule has 0 atom stereocenters. The van der Waals surface area contributed by atoms with Gasteiger partial charge in [0.25, 0.3) is 5.91 Å². The zero-order valence-corrected chi connectivity index (χ0v) is 15.5. The standard InChI is InChI=1S/C21H21ClN2O2/c1-14-2-7-19-18(12-14)17-8-10-24(11-9-20(17)23-19)21(25)13-26-16-5-3-15(22)4-6-16/h2-7,12,23H,8-11,13H2,1H3. The molecule has 134 valence electrons. The van der Waals surface area contributed by atoms with Crippen molar-refractivity contribution in [2.75, 3.05) is 19.7 Å². The van der Waals surface area contributed by atoms with Crippen molar-refractivity contribution >= 4 is 28.4 Å². The van der Waals surface area contributed by atoms with E-state index < -0.39 is 0 Å². The first-order valence-electron chi connectivity index (χ1n) is 8.86. The van der Waals surface area contributed by atoms with Gasteiger partial charge in [0.1, 0.15) is 5.75 Å². The predicted molar refractivity (Wildman–Crippen MR) is 104 cm³/mol. The number of aromatic amines is 1. The van der Waals surface area contributed by atoms with Crippen LogP contribution in [-0.2, 0) is 17.6 Å². The normalized spacial score (nSPS) is 14.2. The number of H-pyrrole nitrogens is 1. The SMILES string of the molecule is Cc1ccc2[nH]c3c(c2c1)CCN(C(=O)COc1ccc(Cl)cc1)CC3. The molecule has 3 aromatic rings. The number of nitrogens with one attached hydrogen (secondary N) is 1. The third-order valence-corrected chi connectivity index (χ3v) is 5.19. The molecule has 0 saturated heterocycles. The summed E-state index contributed by atoms with van der Waals surface area (Å²) in [6.07, 6.45) is 1.71. The van der Waals surface area contributed by atoms with Crippen LogP contribution in [0.25, 0.3) is 10.9 Å². The lowest BCUT2D eigenvalue weighted by Gasteiger charge is -2.20. The molecule has 1 aliphatic heterocycles. The van der Waals surface area contributed by atoms with E-state index in [2.05, 4.69) is 30.1 Å². The van der Waals surface area contributed by atoms with Gasteiger partial charge in [-0.15, -0.1) is 0 Å². The summed E-state index contributed by atoms with van der Waals surface area (Å²) in [6, 6.07) is 13.6. The molecular weight excluding hydrogens is 348 g/mol. The molecule has 1 N–H and O–H groups in total. The van der Waals surface area contributed by atoms with E-state index in [0.717, 1.165) is 19.4 Å². The molecule has 4 nitrogen and oxygen atoms in total. The lowest BCUT2D eigenvalue weighted by Crippen LogP contribution is -2.36. The largest absolute Gasteiger partial charge is 0.484 e. The molecular formula is C21H21ClN2O2. The van der Waals surface area contributed by atoms with Gasteiger partial charge in [-0.05, 0) is 55.3 Å². The Balaban J connectivity index is 1.42. The third kappa shape index (κ3) is 3.42. The Morgan fingerprint density at radius 3 is 2.73 bits per heavy atom. The monoisotopic (exact) mass is 368 g/mol. The predicted octanol–water partition coefficient (Wildman–Crippen LogP) is 4.14. The van der Waals surface area contributed by atoms with Gasteiger partial charge >= 0.3 is 0 Å². The van der Waals surface area contributed by atoms with Crippen molar-refractivity contribution in [3.8, 4) is 5.75 Å². The molecule has 1 aliphatic rings. The Morgan fingerprint density at radius 2 is 1.92 bits per heavy atom. The Hall–Kier alpha value is -2.46. The van der Waals surface area contributed by atoms with Crippen LogP contribution in [0.1, 0.15) is 16.8 Å². The second kappa shape index (κ2) is 7.04. The highest BCUT2D eigenvalue weighted by atomic mass is 35.5. The minimum atomic E-state index is 0.0191. The van der Waals surface area contributed by atoms with Crippen molar-refractivity contribution in [1.82, 2.24) is 9.88 Å². The molecule has 0 bridgehead atoms. The quantitative estimate of drug-likeness (QED) is 0.755. The van der Waals surface area contributed by atoms with Gasteiger partial charge in [-0.2, -0.15) is 0 Å². The van der Waals surface area contributed by atoms with Gasteiger partial charge in [-0.25, -0.2) is 0 Å². The van der Waals surface area contributed by atoms with Crippen LogP contribution in [0.3, 0.4) is 0 Å². The first kappa shape index (κ1) is 17.0. The number of carbonyl (C=O) groups excluding carboxylic acids is 1. The molecule has 0 saturated carbocycles. The van der Waals surface area contributed by atoms with E-state index in [9.17, 15) is 4.79 Å². The summed E-state index contributed by atoms with van der Waals surface area (Å²) in [6.45, 7) is 3.59. The van der Waals surface area contributed by atoms with E-state index in [-0.39, 0.29) is 12.5 Å². The van der Waals surface area contributed by atoms with E-state index >= 15 is 0 Å². The molecule has 26 heavy (non-hydrogen) atoms. The first-order chi connectivity index (χ1) is 12.6. The topological polar surface area (TPSA) is 45.3 Å². The van der Waals surface area contributed by atoms with Gasteiger partial charge in [-0.1, -0.05) is 23.2 Å². The number of amides is 1. The van der Waals surface area contributed by atoms with Gasteiger partial charge in [0, 0.05) is 41.1 Å². The number of hydrogen-bond acceptors (Lipinski definition) is 2. The average molecular weight is 369 g/mol. The zero-order chi connectivity index (χ0) is 18.1. The fraction of sp³-hybridized carbons (Fsp3) is 0.286. The van der Waals surface area contributed by atoms with Crippen LogP contribution < -0.4 is 4.74 Å². The maximum atomic E-state index is 12.5. The molecule has 0 radical (unpaired) electrons. The average Bonchev–Trinajstić information content (AvgIpc) is 2.84. The lowest BCUT2D eigenvalue weighted by atomic mass is 10.1. The first-order valence-corrected chi connectivity index (χ1v) is 9.24. The molecule has 0 spiro atoms. The van der Waals surface area contributed by atoms with Crippen molar-refractivity contribution in [1.29, 1.82) is 0 Å². The van der Waals surface area contributed by atoms with E-state index in [4.69, 9.17) is 16.3 Å². The summed E-state index contributed by atoms with van der Waals surface area (Å²) in [7, 11) is 0. The molecule has 5 heteroatoms. The fourth-order valence-corrected chi connectivity index (χ4v) is 3.66. The van der Waals surface area contributed by atoms with Crippen LogP contribution in [0.15, 0.2) is 42.5 Å². The zero-order valence-electron chi connectivity index (χ0n) is 14.7. The molecule has 1 aromatic heterocycles. The second-order valence-electron chi connectivity index (χ2n) is 6.75. The molecule has 0 fully saturated rings. The highest BCUT2D eigenvalue weighted by molar-refractivity contribution is 6.30. The Labute approximate surface area is 157 Å². The van der Waals surface area contributed by atoms with Crippen LogP contribution in [0.2, 0.25) is 5.02 Å². The number of fused-ring (bicyclic) bond motifs is 3. The summed E-state index contributed by atoms with van der Waals surface area (Å²) in [5.41, 5.74) is 5.04. The van der Waals surface area contributed by atoms with Crippen molar-refractivity contribution < 1.29 is 9.53 Å². The number of aromatic nitrogens is 1. The number of hydrogen-bond donors (Lipinski definition) is 1. The molecule has 2 heterocycles. The van der Waals surface area contributed by atoms with E-state index in [1.54, 1.807) is 24.3 Å². The molecule has 0 unspecified atom stereocenters. The number of aryl methyl sites for hydroxylation is 1. The Morgan fingerprint density at radius 1 is 1.15 bits per heavy atom. The summed E-state index contributed by atoms with van der Waals surface area (Å²) >= 11 is 5.87. The fourth-order valence-electron chi connectivity index (χ4n) is 3.54. The van der Waals surface area contributed by atoms with Crippen molar-refractivity contribution in [2.45, 2.75) is 19.8 Å². The maximum absolute atomic E-state index is 12.5. The van der Waals surface area contributed by atoms with Crippen LogP contribution in [-0.4, -0.2) is 35.5 Å². The van der Waals surface area contributed by atoms with E-state index in [0.29, 0.717) is 17.3 Å². The van der Waals surface area contributed by atoms with Crippen molar-refractivity contribution in [3.63, 3.8) is 0 Å². The van der Waals surface area contributed by atoms with Gasteiger partial charge in [0.15, 0.2) is 6.61 Å². The third-order valence-electron chi connectivity index (χ3n) is 4.94. The summed E-state index contributed by atoms with van der Waals surface area (Å²) < 4.78 is 5.60. The van der Waals surface area contributed by atoms with Crippen LogP contribution >= 0.6 is 11.6 Å². The Bertz CT molecular complexity index is 947. The Kier molecular flexibility index (Phi) is 4.60. The van der Waals surface area contributed by atoms with Crippen LogP contribution in [0.4, 0.5) is 0 Å². The van der Waals surface area contributed by atoms with E-state index in [1.807, 2.05) is 4.90 Å². The molecule has 1 amide bonds. The van der Waals surface area contributed by atoms with Gasteiger partial charge in [0.2, 0.25) is 0 Å². The van der Waals surface area contributed by atoms with Crippen molar-refractivity contribution in [2.24, 2.45) is 0 Å². The minimum Gasteiger partial charge on any atom is -0.484 e. The second-order valence-corrected chi connectivity index (χ2v) is 7.19. The summed E-state index contributed by atoms with van der Waals surface area (Å²) in [5.74, 6) is 0.676. The minimum absolute atomic E-state index is 0.0191. The number of nitrogens with zero attached hydrogens (tertiary/aromatic N) is 1. The smallest absolute Gasteiger partial charge is 0.260 e. The summed E-state index contributed by atoms with van der Waals surface area (Å²) in [5, 5.41) is 1.94.